The third kappa shape index (κ3) is 3.26. The first-order valence-electron chi connectivity index (χ1n) is 7.43. The van der Waals surface area contributed by atoms with Gasteiger partial charge in [-0.25, -0.2) is 0 Å². The summed E-state index contributed by atoms with van der Waals surface area (Å²) in [7, 11) is 0. The van der Waals surface area contributed by atoms with Crippen LogP contribution in [0.3, 0.4) is 0 Å². The van der Waals surface area contributed by atoms with Crippen molar-refractivity contribution in [1.29, 1.82) is 0 Å². The Kier molecular flexibility index (Phi) is 4.28. The maximum Gasteiger partial charge on any atom is 0.416 e. The summed E-state index contributed by atoms with van der Waals surface area (Å²) in [4.78, 5) is 18.0. The van der Waals surface area contributed by atoms with Crippen LogP contribution in [0.15, 0.2) is 48.7 Å². The zero-order valence-corrected chi connectivity index (χ0v) is 12.6. The Bertz CT molecular complexity index is 717. The van der Waals surface area contributed by atoms with Gasteiger partial charge < -0.3 is 10.0 Å². The molecule has 1 aliphatic heterocycles. The summed E-state index contributed by atoms with van der Waals surface area (Å²) in [5, 5.41) is 9.92. The topological polar surface area (TPSA) is 53.4 Å². The molecule has 3 rings (SSSR count). The molecular weight excluding hydrogens is 321 g/mol. The lowest BCUT2D eigenvalue weighted by atomic mass is 10.0. The second-order valence-electron chi connectivity index (χ2n) is 5.70. The number of carbonyl (C=O) groups excluding carboxylic acids is 1. The molecule has 2 unspecified atom stereocenters. The van der Waals surface area contributed by atoms with Crippen molar-refractivity contribution in [3.63, 3.8) is 0 Å². The van der Waals surface area contributed by atoms with Crippen LogP contribution in [0.1, 0.15) is 34.1 Å². The van der Waals surface area contributed by atoms with E-state index in [1.807, 2.05) is 0 Å². The van der Waals surface area contributed by atoms with E-state index in [-0.39, 0.29) is 24.6 Å². The minimum Gasteiger partial charge on any atom is -0.391 e. The molecule has 2 atom stereocenters. The number of aliphatic hydroxyl groups is 1. The van der Waals surface area contributed by atoms with Crippen molar-refractivity contribution >= 4 is 5.91 Å². The monoisotopic (exact) mass is 336 g/mol. The summed E-state index contributed by atoms with van der Waals surface area (Å²) in [6.45, 7) is 0.126. The quantitative estimate of drug-likeness (QED) is 0.917. The van der Waals surface area contributed by atoms with Crippen LogP contribution >= 0.6 is 0 Å². The molecule has 2 aromatic rings. The van der Waals surface area contributed by atoms with Crippen LogP contribution in [0, 0.1) is 0 Å². The van der Waals surface area contributed by atoms with Gasteiger partial charge in [0.25, 0.3) is 5.91 Å². The maximum absolute atomic E-state index is 12.7. The molecule has 2 heterocycles. The van der Waals surface area contributed by atoms with Gasteiger partial charge in [-0.05, 0) is 36.2 Å². The lowest BCUT2D eigenvalue weighted by molar-refractivity contribution is -0.137. The van der Waals surface area contributed by atoms with Crippen molar-refractivity contribution in [1.82, 2.24) is 9.88 Å². The van der Waals surface area contributed by atoms with Crippen molar-refractivity contribution in [3.05, 3.63) is 65.5 Å². The van der Waals surface area contributed by atoms with Crippen molar-refractivity contribution in [2.45, 2.75) is 24.7 Å². The van der Waals surface area contributed by atoms with E-state index in [4.69, 9.17) is 0 Å². The first-order valence-corrected chi connectivity index (χ1v) is 7.43. The van der Waals surface area contributed by atoms with Gasteiger partial charge >= 0.3 is 6.18 Å². The highest BCUT2D eigenvalue weighted by atomic mass is 19.4. The number of β-amino-alcohol motifs (C(OH)–C–C–N with tert-alkyl or cyclic N) is 1. The molecule has 0 bridgehead atoms. The van der Waals surface area contributed by atoms with Gasteiger partial charge in [0.15, 0.2) is 0 Å². The van der Waals surface area contributed by atoms with Gasteiger partial charge in [0.05, 0.1) is 17.7 Å². The van der Waals surface area contributed by atoms with Crippen molar-refractivity contribution < 1.29 is 23.1 Å². The van der Waals surface area contributed by atoms with Crippen LogP contribution in [-0.4, -0.2) is 33.5 Å². The number of aliphatic hydroxyl groups excluding tert-OH is 1. The molecule has 0 spiro atoms. The predicted octanol–water partition coefficient (Wildman–Crippen LogP) is 3.05. The number of alkyl halides is 3. The molecule has 0 aliphatic carbocycles. The Labute approximate surface area is 136 Å². The number of halogens is 3. The van der Waals surface area contributed by atoms with E-state index in [1.165, 1.54) is 23.2 Å². The average Bonchev–Trinajstić information content (AvgIpc) is 2.96. The number of hydrogen-bond donors (Lipinski definition) is 1. The Morgan fingerprint density at radius 3 is 2.46 bits per heavy atom. The number of benzene rings is 1. The van der Waals surface area contributed by atoms with E-state index in [0.29, 0.717) is 5.56 Å². The SMILES string of the molecule is O=C(c1ccccn1)N1CC(O)CC1c1ccc(C(F)(F)F)cc1. The zero-order valence-electron chi connectivity index (χ0n) is 12.6. The molecule has 24 heavy (non-hydrogen) atoms. The molecule has 1 aromatic carbocycles. The molecule has 126 valence electrons. The number of nitrogens with zero attached hydrogens (tertiary/aromatic N) is 2. The van der Waals surface area contributed by atoms with Gasteiger partial charge in [-0.1, -0.05) is 18.2 Å². The number of amides is 1. The molecule has 0 radical (unpaired) electrons. The van der Waals surface area contributed by atoms with Crippen molar-refractivity contribution in [2.24, 2.45) is 0 Å². The molecule has 1 saturated heterocycles. The summed E-state index contributed by atoms with van der Waals surface area (Å²) in [6, 6.07) is 9.14. The van der Waals surface area contributed by atoms with E-state index in [9.17, 15) is 23.1 Å². The zero-order chi connectivity index (χ0) is 17.3. The third-order valence-electron chi connectivity index (χ3n) is 4.05. The van der Waals surface area contributed by atoms with E-state index < -0.39 is 23.9 Å². The highest BCUT2D eigenvalue weighted by molar-refractivity contribution is 5.92. The Morgan fingerprint density at radius 1 is 1.17 bits per heavy atom. The first kappa shape index (κ1) is 16.4. The number of aromatic nitrogens is 1. The first-order chi connectivity index (χ1) is 11.4. The largest absolute Gasteiger partial charge is 0.416 e. The van der Waals surface area contributed by atoms with Gasteiger partial charge in [0.2, 0.25) is 0 Å². The maximum atomic E-state index is 12.7. The fraction of sp³-hybridized carbons (Fsp3) is 0.294. The second-order valence-corrected chi connectivity index (χ2v) is 5.70. The standard InChI is InChI=1S/C17H15F3N2O2/c18-17(19,20)12-6-4-11(5-7-12)15-9-13(23)10-22(15)16(24)14-3-1-2-8-21-14/h1-8,13,15,23H,9-10H2. The number of rotatable bonds is 2. The van der Waals surface area contributed by atoms with Crippen LogP contribution in [0.4, 0.5) is 13.2 Å². The van der Waals surface area contributed by atoms with E-state index in [0.717, 1.165) is 12.1 Å². The normalized spacial score (nSPS) is 21.1. The van der Waals surface area contributed by atoms with E-state index in [2.05, 4.69) is 4.98 Å². The third-order valence-corrected chi connectivity index (χ3v) is 4.05. The Morgan fingerprint density at radius 2 is 1.88 bits per heavy atom. The van der Waals surface area contributed by atoms with Crippen molar-refractivity contribution in [3.8, 4) is 0 Å². The summed E-state index contributed by atoms with van der Waals surface area (Å²) < 4.78 is 38.0. The lowest BCUT2D eigenvalue weighted by Gasteiger charge is -2.24. The fourth-order valence-electron chi connectivity index (χ4n) is 2.88. The number of pyridine rings is 1. The van der Waals surface area contributed by atoms with Crippen LogP contribution in [0.5, 0.6) is 0 Å². The number of likely N-dealkylation sites (tertiary alicyclic amines) is 1. The Balaban J connectivity index is 1.87. The minimum absolute atomic E-state index is 0.126. The summed E-state index contributed by atoms with van der Waals surface area (Å²) >= 11 is 0. The molecule has 1 N–H and O–H groups in total. The van der Waals surface area contributed by atoms with Crippen LogP contribution in [0.25, 0.3) is 0 Å². The van der Waals surface area contributed by atoms with Crippen molar-refractivity contribution in [2.75, 3.05) is 6.54 Å². The summed E-state index contributed by atoms with van der Waals surface area (Å²) in [5.74, 6) is -0.350. The molecule has 1 fully saturated rings. The van der Waals surface area contributed by atoms with Crippen LogP contribution in [0.2, 0.25) is 0 Å². The van der Waals surface area contributed by atoms with E-state index in [1.54, 1.807) is 18.2 Å². The molecule has 0 saturated carbocycles. The molecule has 1 amide bonds. The highest BCUT2D eigenvalue weighted by Crippen LogP contribution is 2.35. The minimum atomic E-state index is -4.41. The van der Waals surface area contributed by atoms with Gasteiger partial charge in [0, 0.05) is 12.7 Å². The van der Waals surface area contributed by atoms with Gasteiger partial charge in [-0.2, -0.15) is 13.2 Å². The molecule has 4 nitrogen and oxygen atoms in total. The molecule has 1 aromatic heterocycles. The lowest BCUT2D eigenvalue weighted by Crippen LogP contribution is -2.32. The fourth-order valence-corrected chi connectivity index (χ4v) is 2.88. The molecule has 1 aliphatic rings. The van der Waals surface area contributed by atoms with Crippen LogP contribution < -0.4 is 0 Å². The van der Waals surface area contributed by atoms with Gasteiger partial charge in [0.1, 0.15) is 5.69 Å². The summed E-state index contributed by atoms with van der Waals surface area (Å²) in [6.07, 6.45) is -3.35. The van der Waals surface area contributed by atoms with Gasteiger partial charge in [-0.3, -0.25) is 9.78 Å². The smallest absolute Gasteiger partial charge is 0.391 e. The highest BCUT2D eigenvalue weighted by Gasteiger charge is 2.37. The predicted molar refractivity (Wildman–Crippen MR) is 80.1 cm³/mol. The number of carbonyl (C=O) groups is 1. The Hall–Kier alpha value is -2.41. The van der Waals surface area contributed by atoms with E-state index >= 15 is 0 Å². The second kappa shape index (κ2) is 6.24. The molecular formula is C17H15F3N2O2. The molecule has 7 heteroatoms. The van der Waals surface area contributed by atoms with Gasteiger partial charge in [-0.15, -0.1) is 0 Å². The van der Waals surface area contributed by atoms with Crippen LogP contribution in [-0.2, 0) is 6.18 Å². The number of hydrogen-bond acceptors (Lipinski definition) is 3. The summed E-state index contributed by atoms with van der Waals surface area (Å²) in [5.41, 5.74) is 0.0553. The average molecular weight is 336 g/mol.